The molecule has 1 rings (SSSR count). The van der Waals surface area contributed by atoms with Crippen molar-refractivity contribution in [1.82, 2.24) is 10.6 Å². The van der Waals surface area contributed by atoms with Gasteiger partial charge in [0.2, 0.25) is 0 Å². The number of hydrogen-bond acceptors (Lipinski definition) is 3. The van der Waals surface area contributed by atoms with Gasteiger partial charge in [0.1, 0.15) is 5.75 Å². The van der Waals surface area contributed by atoms with Crippen LogP contribution in [-0.2, 0) is 6.42 Å². The topological polar surface area (TPSA) is 65.9 Å². The lowest BCUT2D eigenvalue weighted by atomic mass is 9.94. The summed E-state index contributed by atoms with van der Waals surface area (Å²) in [6.07, 6.45) is 2.81. The molecule has 0 bridgehead atoms. The normalized spacial score (nSPS) is 12.5. The SMILES string of the molecule is CCNC(=NCC(CCO)CC(C)C)NCCc1ccc(C)c(OC)c1.I. The van der Waals surface area contributed by atoms with Gasteiger partial charge in [0, 0.05) is 26.2 Å². The van der Waals surface area contributed by atoms with Gasteiger partial charge in [0.15, 0.2) is 5.96 Å². The first-order valence-electron chi connectivity index (χ1n) is 9.76. The summed E-state index contributed by atoms with van der Waals surface area (Å²) < 4.78 is 5.39. The molecule has 0 aromatic heterocycles. The molecule has 0 heterocycles. The molecule has 0 radical (unpaired) electrons. The zero-order valence-electron chi connectivity index (χ0n) is 17.5. The van der Waals surface area contributed by atoms with E-state index in [1.807, 2.05) is 0 Å². The molecule has 5 nitrogen and oxygen atoms in total. The van der Waals surface area contributed by atoms with Crippen LogP contribution in [0.2, 0.25) is 0 Å². The first kappa shape index (κ1) is 26.0. The molecule has 0 amide bonds. The number of halogens is 1. The number of methoxy groups -OCH3 is 1. The quantitative estimate of drug-likeness (QED) is 0.251. The molecular formula is C21H38IN3O2. The van der Waals surface area contributed by atoms with Gasteiger partial charge < -0.3 is 20.5 Å². The minimum Gasteiger partial charge on any atom is -0.496 e. The van der Waals surface area contributed by atoms with Gasteiger partial charge in [-0.15, -0.1) is 24.0 Å². The third kappa shape index (κ3) is 10.8. The van der Waals surface area contributed by atoms with E-state index in [9.17, 15) is 5.11 Å². The molecule has 0 spiro atoms. The van der Waals surface area contributed by atoms with Gasteiger partial charge in [0.05, 0.1) is 7.11 Å². The molecule has 1 aromatic carbocycles. The number of ether oxygens (including phenoxy) is 1. The summed E-state index contributed by atoms with van der Waals surface area (Å²) in [4.78, 5) is 4.72. The maximum atomic E-state index is 9.26. The number of aliphatic imine (C=N–C) groups is 1. The highest BCUT2D eigenvalue weighted by molar-refractivity contribution is 14.0. The van der Waals surface area contributed by atoms with Crippen molar-refractivity contribution >= 4 is 29.9 Å². The minimum atomic E-state index is 0. The summed E-state index contributed by atoms with van der Waals surface area (Å²) in [6.45, 7) is 11.2. The predicted octanol–water partition coefficient (Wildman–Crippen LogP) is 3.76. The van der Waals surface area contributed by atoms with Crippen molar-refractivity contribution in [1.29, 1.82) is 0 Å². The maximum Gasteiger partial charge on any atom is 0.191 e. The molecule has 0 aliphatic carbocycles. The Morgan fingerprint density at radius 2 is 2.00 bits per heavy atom. The van der Waals surface area contributed by atoms with Crippen LogP contribution in [0, 0.1) is 18.8 Å². The van der Waals surface area contributed by atoms with E-state index < -0.39 is 0 Å². The van der Waals surface area contributed by atoms with Crippen molar-refractivity contribution in [3.05, 3.63) is 29.3 Å². The van der Waals surface area contributed by atoms with Crippen LogP contribution in [0.1, 0.15) is 44.7 Å². The summed E-state index contributed by atoms with van der Waals surface area (Å²) in [7, 11) is 1.71. The van der Waals surface area contributed by atoms with Crippen LogP contribution in [-0.4, -0.2) is 44.4 Å². The van der Waals surface area contributed by atoms with Gasteiger partial charge in [-0.25, -0.2) is 0 Å². The van der Waals surface area contributed by atoms with E-state index in [2.05, 4.69) is 56.5 Å². The zero-order chi connectivity index (χ0) is 19.4. The Balaban J connectivity index is 0.00000676. The number of benzene rings is 1. The fraction of sp³-hybridized carbons (Fsp3) is 0.667. The van der Waals surface area contributed by atoms with Gasteiger partial charge in [-0.2, -0.15) is 0 Å². The number of hydrogen-bond donors (Lipinski definition) is 3. The number of nitrogens with zero attached hydrogens (tertiary/aromatic N) is 1. The molecule has 27 heavy (non-hydrogen) atoms. The molecular weight excluding hydrogens is 453 g/mol. The van der Waals surface area contributed by atoms with Crippen LogP contribution in [0.25, 0.3) is 0 Å². The third-order valence-electron chi connectivity index (χ3n) is 4.37. The fourth-order valence-electron chi connectivity index (χ4n) is 3.04. The second kappa shape index (κ2) is 15.0. The molecule has 0 saturated heterocycles. The number of aliphatic hydroxyl groups is 1. The van der Waals surface area contributed by atoms with E-state index in [0.29, 0.717) is 11.8 Å². The van der Waals surface area contributed by atoms with Gasteiger partial charge in [0.25, 0.3) is 0 Å². The van der Waals surface area contributed by atoms with Crippen LogP contribution in [0.15, 0.2) is 23.2 Å². The van der Waals surface area contributed by atoms with Gasteiger partial charge in [-0.3, -0.25) is 4.99 Å². The van der Waals surface area contributed by atoms with Crippen LogP contribution >= 0.6 is 24.0 Å². The molecule has 0 saturated carbocycles. The van der Waals surface area contributed by atoms with E-state index in [-0.39, 0.29) is 30.6 Å². The molecule has 6 heteroatoms. The lowest BCUT2D eigenvalue weighted by Gasteiger charge is -2.17. The molecule has 0 aliphatic rings. The Bertz CT molecular complexity index is 550. The Hall–Kier alpha value is -1.02. The van der Waals surface area contributed by atoms with Crippen LogP contribution in [0.5, 0.6) is 5.75 Å². The average molecular weight is 491 g/mol. The number of aryl methyl sites for hydroxylation is 1. The second-order valence-corrected chi connectivity index (χ2v) is 7.21. The molecule has 0 aliphatic heterocycles. The van der Waals surface area contributed by atoms with E-state index in [0.717, 1.165) is 56.2 Å². The van der Waals surface area contributed by atoms with Gasteiger partial charge in [-0.1, -0.05) is 26.0 Å². The van der Waals surface area contributed by atoms with Crippen molar-refractivity contribution in [3.8, 4) is 5.75 Å². The molecule has 0 fully saturated rings. The first-order valence-corrected chi connectivity index (χ1v) is 9.76. The molecule has 3 N–H and O–H groups in total. The third-order valence-corrected chi connectivity index (χ3v) is 4.37. The van der Waals surface area contributed by atoms with Crippen molar-refractivity contribution in [2.75, 3.05) is 33.4 Å². The molecule has 1 atom stereocenters. The standard InChI is InChI=1S/C21H37N3O2.HI/c1-6-22-21(24-15-19(10-12-25)13-16(2)3)23-11-9-18-8-7-17(4)20(14-18)26-5;/h7-8,14,16,19,25H,6,9-13,15H2,1-5H3,(H2,22,23,24);1H. The monoisotopic (exact) mass is 491 g/mol. The minimum absolute atomic E-state index is 0. The Morgan fingerprint density at radius 3 is 2.59 bits per heavy atom. The van der Waals surface area contributed by atoms with Gasteiger partial charge in [-0.05, 0) is 62.1 Å². The van der Waals surface area contributed by atoms with E-state index in [4.69, 9.17) is 9.73 Å². The number of nitrogens with one attached hydrogen (secondary N) is 2. The first-order chi connectivity index (χ1) is 12.5. The fourth-order valence-corrected chi connectivity index (χ4v) is 3.04. The van der Waals surface area contributed by atoms with Crippen LogP contribution in [0.4, 0.5) is 0 Å². The summed E-state index contributed by atoms with van der Waals surface area (Å²) in [5.41, 5.74) is 2.40. The number of aliphatic hydroxyl groups excluding tert-OH is 1. The van der Waals surface area contributed by atoms with E-state index in [1.165, 1.54) is 5.56 Å². The lowest BCUT2D eigenvalue weighted by Crippen LogP contribution is -2.38. The Labute approximate surface area is 182 Å². The van der Waals surface area contributed by atoms with Crippen molar-refractivity contribution in [3.63, 3.8) is 0 Å². The van der Waals surface area contributed by atoms with Crippen LogP contribution in [0.3, 0.4) is 0 Å². The molecule has 156 valence electrons. The smallest absolute Gasteiger partial charge is 0.191 e. The highest BCUT2D eigenvalue weighted by Gasteiger charge is 2.10. The van der Waals surface area contributed by atoms with Crippen LogP contribution < -0.4 is 15.4 Å². The molecule has 1 unspecified atom stereocenters. The van der Waals surface area contributed by atoms with Crippen molar-refractivity contribution in [2.24, 2.45) is 16.8 Å². The lowest BCUT2D eigenvalue weighted by molar-refractivity contribution is 0.245. The zero-order valence-corrected chi connectivity index (χ0v) is 19.9. The highest BCUT2D eigenvalue weighted by Crippen LogP contribution is 2.19. The Kier molecular flexibility index (Phi) is 14.4. The average Bonchev–Trinajstić information content (AvgIpc) is 2.60. The Morgan fingerprint density at radius 1 is 1.26 bits per heavy atom. The predicted molar refractivity (Wildman–Crippen MR) is 125 cm³/mol. The summed E-state index contributed by atoms with van der Waals surface area (Å²) in [5.74, 6) is 2.83. The van der Waals surface area contributed by atoms with E-state index in [1.54, 1.807) is 7.11 Å². The van der Waals surface area contributed by atoms with Crippen molar-refractivity contribution < 1.29 is 9.84 Å². The van der Waals surface area contributed by atoms with E-state index >= 15 is 0 Å². The molecule has 1 aromatic rings. The largest absolute Gasteiger partial charge is 0.496 e. The summed E-state index contributed by atoms with van der Waals surface area (Å²) in [6, 6.07) is 6.34. The van der Waals surface area contributed by atoms with Crippen molar-refractivity contribution in [2.45, 2.75) is 47.0 Å². The van der Waals surface area contributed by atoms with Gasteiger partial charge >= 0.3 is 0 Å². The number of rotatable bonds is 11. The highest BCUT2D eigenvalue weighted by atomic mass is 127. The second-order valence-electron chi connectivity index (χ2n) is 7.21. The number of guanidine groups is 1. The maximum absolute atomic E-state index is 9.26. The summed E-state index contributed by atoms with van der Waals surface area (Å²) in [5, 5.41) is 16.0. The summed E-state index contributed by atoms with van der Waals surface area (Å²) >= 11 is 0.